The minimum absolute atomic E-state index is 0.222. The number of rotatable bonds is 4. The molecule has 4 nitrogen and oxygen atoms in total. The van der Waals surface area contributed by atoms with Crippen LogP contribution in [-0.2, 0) is 13.0 Å². The summed E-state index contributed by atoms with van der Waals surface area (Å²) in [5, 5.41) is 0. The Bertz CT molecular complexity index is 803. The number of amides is 1. The van der Waals surface area contributed by atoms with Crippen LogP contribution in [0.3, 0.4) is 0 Å². The first-order valence-corrected chi connectivity index (χ1v) is 9.61. The molecule has 0 aliphatic carbocycles. The topological polar surface area (TPSA) is 36.4 Å². The number of aryl methyl sites for hydroxylation is 2. The zero-order valence-corrected chi connectivity index (χ0v) is 15.7. The van der Waals surface area contributed by atoms with Crippen molar-refractivity contribution in [2.24, 2.45) is 5.92 Å². The van der Waals surface area contributed by atoms with Gasteiger partial charge in [0.2, 0.25) is 0 Å². The molecule has 26 heavy (non-hydrogen) atoms. The van der Waals surface area contributed by atoms with Crippen LogP contribution in [0.5, 0.6) is 0 Å². The highest BCUT2D eigenvalue weighted by atomic mass is 16.2. The zero-order chi connectivity index (χ0) is 18.1. The summed E-state index contributed by atoms with van der Waals surface area (Å²) in [7, 11) is 0. The van der Waals surface area contributed by atoms with Gasteiger partial charge in [-0.05, 0) is 73.5 Å². The lowest BCUT2D eigenvalue weighted by Crippen LogP contribution is -2.41. The van der Waals surface area contributed by atoms with Crippen molar-refractivity contribution >= 4 is 5.91 Å². The van der Waals surface area contributed by atoms with E-state index in [9.17, 15) is 4.79 Å². The molecule has 1 amide bonds. The average Bonchev–Trinajstić information content (AvgIpc) is 3.07. The molecule has 136 valence electrons. The highest BCUT2D eigenvalue weighted by Crippen LogP contribution is 2.26. The molecule has 3 heterocycles. The molecular formula is C22H27N3O. The number of benzene rings is 1. The molecule has 0 bridgehead atoms. The van der Waals surface area contributed by atoms with Crippen molar-refractivity contribution in [2.45, 2.75) is 33.2 Å². The van der Waals surface area contributed by atoms with Crippen LogP contribution in [0.25, 0.3) is 0 Å². The van der Waals surface area contributed by atoms with E-state index >= 15 is 0 Å². The van der Waals surface area contributed by atoms with Gasteiger partial charge in [-0.1, -0.05) is 12.1 Å². The van der Waals surface area contributed by atoms with Crippen LogP contribution in [0, 0.1) is 19.8 Å². The standard InChI is InChI=1S/C22H27N3O/c1-16-10-20-6-9-25(22(26)21(20)11-17(16)2)15-19-5-8-24(14-19)13-18-4-3-7-23-12-18/h3-4,7,10-12,19H,5-6,8-9,13-15H2,1-2H3. The molecule has 0 saturated carbocycles. The fraction of sp³-hybridized carbons (Fsp3) is 0.455. The predicted octanol–water partition coefficient (Wildman–Crippen LogP) is 3.22. The molecule has 1 atom stereocenters. The van der Waals surface area contributed by atoms with Crippen molar-refractivity contribution in [3.63, 3.8) is 0 Å². The Kier molecular flexibility index (Phi) is 4.77. The van der Waals surface area contributed by atoms with E-state index in [0.717, 1.165) is 44.7 Å². The van der Waals surface area contributed by atoms with Gasteiger partial charge in [0.15, 0.2) is 0 Å². The lowest BCUT2D eigenvalue weighted by atomic mass is 9.93. The van der Waals surface area contributed by atoms with Crippen molar-refractivity contribution in [3.8, 4) is 0 Å². The maximum atomic E-state index is 12.9. The van der Waals surface area contributed by atoms with Gasteiger partial charge in [-0.25, -0.2) is 0 Å². The first kappa shape index (κ1) is 17.2. The molecule has 0 spiro atoms. The molecule has 4 heteroatoms. The van der Waals surface area contributed by atoms with E-state index in [1.807, 2.05) is 18.5 Å². The number of nitrogens with zero attached hydrogens (tertiary/aromatic N) is 3. The van der Waals surface area contributed by atoms with Gasteiger partial charge >= 0.3 is 0 Å². The normalized spacial score (nSPS) is 20.5. The van der Waals surface area contributed by atoms with Crippen molar-refractivity contribution in [2.75, 3.05) is 26.2 Å². The zero-order valence-electron chi connectivity index (χ0n) is 15.7. The van der Waals surface area contributed by atoms with Gasteiger partial charge in [0, 0.05) is 44.1 Å². The molecule has 1 fully saturated rings. The second kappa shape index (κ2) is 7.20. The molecule has 2 aromatic rings. The van der Waals surface area contributed by atoms with E-state index in [4.69, 9.17) is 0 Å². The lowest BCUT2D eigenvalue weighted by molar-refractivity contribution is 0.0712. The molecule has 1 saturated heterocycles. The van der Waals surface area contributed by atoms with Crippen LogP contribution in [0.15, 0.2) is 36.7 Å². The fourth-order valence-electron chi connectivity index (χ4n) is 4.25. The van der Waals surface area contributed by atoms with Crippen molar-refractivity contribution < 1.29 is 4.79 Å². The first-order valence-electron chi connectivity index (χ1n) is 9.61. The number of fused-ring (bicyclic) bond motifs is 1. The van der Waals surface area contributed by atoms with E-state index in [-0.39, 0.29) is 5.91 Å². The van der Waals surface area contributed by atoms with Gasteiger partial charge in [0.1, 0.15) is 0 Å². The van der Waals surface area contributed by atoms with Crippen molar-refractivity contribution in [3.05, 3.63) is 64.5 Å². The largest absolute Gasteiger partial charge is 0.338 e. The number of carbonyl (C=O) groups excluding carboxylic acids is 1. The Morgan fingerprint density at radius 3 is 2.85 bits per heavy atom. The first-order chi connectivity index (χ1) is 12.6. The van der Waals surface area contributed by atoms with Crippen LogP contribution in [0.2, 0.25) is 0 Å². The molecule has 1 aromatic carbocycles. The average molecular weight is 349 g/mol. The molecule has 0 N–H and O–H groups in total. The van der Waals surface area contributed by atoms with Gasteiger partial charge in [0.05, 0.1) is 0 Å². The smallest absolute Gasteiger partial charge is 0.254 e. The SMILES string of the molecule is Cc1cc2c(cc1C)C(=O)N(CC1CCN(Cc3cccnc3)C1)CC2. The Hall–Kier alpha value is -2.20. The summed E-state index contributed by atoms with van der Waals surface area (Å²) in [5.74, 6) is 0.795. The Balaban J connectivity index is 1.38. The number of likely N-dealkylation sites (tertiary alicyclic amines) is 1. The predicted molar refractivity (Wildman–Crippen MR) is 103 cm³/mol. The summed E-state index contributed by atoms with van der Waals surface area (Å²) >= 11 is 0. The highest BCUT2D eigenvalue weighted by molar-refractivity contribution is 5.97. The van der Waals surface area contributed by atoms with E-state index < -0.39 is 0 Å². The van der Waals surface area contributed by atoms with Gasteiger partial charge in [-0.3, -0.25) is 14.7 Å². The molecule has 1 unspecified atom stereocenters. The number of pyridine rings is 1. The van der Waals surface area contributed by atoms with Gasteiger partial charge in [-0.15, -0.1) is 0 Å². The maximum Gasteiger partial charge on any atom is 0.254 e. The molecule has 0 radical (unpaired) electrons. The third-order valence-electron chi connectivity index (χ3n) is 5.87. The molecular weight excluding hydrogens is 322 g/mol. The number of hydrogen-bond acceptors (Lipinski definition) is 3. The molecule has 2 aliphatic heterocycles. The monoisotopic (exact) mass is 349 g/mol. The summed E-state index contributed by atoms with van der Waals surface area (Å²) in [6.07, 6.45) is 5.92. The van der Waals surface area contributed by atoms with E-state index in [0.29, 0.717) is 5.92 Å². The minimum Gasteiger partial charge on any atom is -0.338 e. The van der Waals surface area contributed by atoms with Gasteiger partial charge in [0.25, 0.3) is 5.91 Å². The van der Waals surface area contributed by atoms with Crippen LogP contribution in [0.4, 0.5) is 0 Å². The highest BCUT2D eigenvalue weighted by Gasteiger charge is 2.30. The molecule has 4 rings (SSSR count). The number of hydrogen-bond donors (Lipinski definition) is 0. The third kappa shape index (κ3) is 3.51. The number of aromatic nitrogens is 1. The van der Waals surface area contributed by atoms with Crippen LogP contribution in [-0.4, -0.2) is 46.9 Å². The van der Waals surface area contributed by atoms with E-state index in [1.54, 1.807) is 0 Å². The van der Waals surface area contributed by atoms with Gasteiger partial charge < -0.3 is 4.90 Å². The Morgan fingerprint density at radius 1 is 1.19 bits per heavy atom. The minimum atomic E-state index is 0.222. The van der Waals surface area contributed by atoms with Crippen LogP contribution >= 0.6 is 0 Å². The maximum absolute atomic E-state index is 12.9. The summed E-state index contributed by atoms with van der Waals surface area (Å²) in [4.78, 5) is 21.7. The second-order valence-corrected chi connectivity index (χ2v) is 7.85. The quantitative estimate of drug-likeness (QED) is 0.850. The van der Waals surface area contributed by atoms with Gasteiger partial charge in [-0.2, -0.15) is 0 Å². The van der Waals surface area contributed by atoms with Crippen LogP contribution < -0.4 is 0 Å². The summed E-state index contributed by atoms with van der Waals surface area (Å²) in [5.41, 5.74) is 5.90. The summed E-state index contributed by atoms with van der Waals surface area (Å²) < 4.78 is 0. The summed E-state index contributed by atoms with van der Waals surface area (Å²) in [6.45, 7) is 9.09. The molecule has 1 aromatic heterocycles. The van der Waals surface area contributed by atoms with E-state index in [2.05, 4.69) is 46.8 Å². The second-order valence-electron chi connectivity index (χ2n) is 7.85. The summed E-state index contributed by atoms with van der Waals surface area (Å²) in [6, 6.07) is 8.42. The third-order valence-corrected chi connectivity index (χ3v) is 5.87. The fourth-order valence-corrected chi connectivity index (χ4v) is 4.25. The number of carbonyl (C=O) groups is 1. The Morgan fingerprint density at radius 2 is 2.04 bits per heavy atom. The molecule has 2 aliphatic rings. The Labute approximate surface area is 155 Å². The van der Waals surface area contributed by atoms with Crippen LogP contribution in [0.1, 0.15) is 39.0 Å². The van der Waals surface area contributed by atoms with E-state index in [1.165, 1.54) is 28.7 Å². The lowest BCUT2D eigenvalue weighted by Gasteiger charge is -2.31. The van der Waals surface area contributed by atoms with Crippen molar-refractivity contribution in [1.82, 2.24) is 14.8 Å². The van der Waals surface area contributed by atoms with Crippen molar-refractivity contribution in [1.29, 1.82) is 0 Å².